The molecule has 0 unspecified atom stereocenters. The van der Waals surface area contributed by atoms with E-state index in [1.807, 2.05) is 0 Å². The Labute approximate surface area is 109 Å². The monoisotopic (exact) mass is 265 g/mol. The van der Waals surface area contributed by atoms with Crippen molar-refractivity contribution >= 4 is 47.4 Å². The average molecular weight is 265 g/mol. The number of rotatable bonds is 1. The Morgan fingerprint density at radius 2 is 1.94 bits per heavy atom. The Hall–Kier alpha value is -1.40. The second-order valence-corrected chi connectivity index (χ2v) is 4.45. The van der Waals surface area contributed by atoms with Crippen molar-refractivity contribution in [3.05, 3.63) is 18.2 Å². The molecule has 0 atom stereocenters. The summed E-state index contributed by atoms with van der Waals surface area (Å²) in [6, 6.07) is 5.21. The number of thiol groups is 2. The average Bonchev–Trinajstić information content (AvgIpc) is 2.29. The van der Waals surface area contributed by atoms with E-state index in [2.05, 4.69) is 35.5 Å². The number of aromatic hydroxyl groups is 1. The Morgan fingerprint density at radius 3 is 2.59 bits per heavy atom. The third-order valence-corrected chi connectivity index (χ3v) is 3.20. The standard InChI is InChI=1S/C11H11N3OS2/c1-13-14-6-3-2-5-7(16)4-8(17)10(12)9(5)11(6)15/h2-4,15-17H,12H2,1H3. The van der Waals surface area contributed by atoms with Crippen LogP contribution in [0.1, 0.15) is 0 Å². The van der Waals surface area contributed by atoms with Crippen molar-refractivity contribution in [3.63, 3.8) is 0 Å². The van der Waals surface area contributed by atoms with E-state index in [0.29, 0.717) is 26.6 Å². The predicted molar refractivity (Wildman–Crippen MR) is 75.0 cm³/mol. The van der Waals surface area contributed by atoms with Gasteiger partial charge >= 0.3 is 0 Å². The maximum Gasteiger partial charge on any atom is 0.153 e. The molecule has 0 aromatic heterocycles. The van der Waals surface area contributed by atoms with Crippen LogP contribution >= 0.6 is 25.3 Å². The fourth-order valence-corrected chi connectivity index (χ4v) is 2.33. The largest absolute Gasteiger partial charge is 0.505 e. The van der Waals surface area contributed by atoms with E-state index in [0.717, 1.165) is 5.39 Å². The lowest BCUT2D eigenvalue weighted by Crippen LogP contribution is -1.91. The van der Waals surface area contributed by atoms with Gasteiger partial charge in [0.2, 0.25) is 0 Å². The van der Waals surface area contributed by atoms with Gasteiger partial charge in [0.05, 0.1) is 11.1 Å². The maximum absolute atomic E-state index is 10.1. The van der Waals surface area contributed by atoms with Gasteiger partial charge in [-0.05, 0) is 12.1 Å². The Balaban J connectivity index is 2.93. The van der Waals surface area contributed by atoms with Gasteiger partial charge < -0.3 is 10.8 Å². The van der Waals surface area contributed by atoms with Gasteiger partial charge in [-0.1, -0.05) is 6.07 Å². The van der Waals surface area contributed by atoms with Crippen LogP contribution in [0, 0.1) is 0 Å². The number of anilines is 1. The summed E-state index contributed by atoms with van der Waals surface area (Å²) in [7, 11) is 1.53. The lowest BCUT2D eigenvalue weighted by atomic mass is 10.1. The second kappa shape index (κ2) is 4.46. The van der Waals surface area contributed by atoms with E-state index in [4.69, 9.17) is 5.73 Å². The first-order valence-electron chi connectivity index (χ1n) is 4.82. The summed E-state index contributed by atoms with van der Waals surface area (Å²) in [5, 5.41) is 18.8. The van der Waals surface area contributed by atoms with Crippen LogP contribution in [0.25, 0.3) is 10.8 Å². The van der Waals surface area contributed by atoms with Crippen LogP contribution in [0.2, 0.25) is 0 Å². The zero-order chi connectivity index (χ0) is 12.6. The van der Waals surface area contributed by atoms with E-state index in [9.17, 15) is 5.11 Å². The maximum atomic E-state index is 10.1. The molecule has 3 N–H and O–H groups in total. The van der Waals surface area contributed by atoms with Crippen molar-refractivity contribution in [1.82, 2.24) is 0 Å². The number of azo groups is 1. The minimum atomic E-state index is -0.00296. The summed E-state index contributed by atoms with van der Waals surface area (Å²) >= 11 is 8.57. The second-order valence-electron chi connectivity index (χ2n) is 3.48. The van der Waals surface area contributed by atoms with E-state index in [1.54, 1.807) is 18.2 Å². The molecule has 0 aliphatic rings. The summed E-state index contributed by atoms with van der Waals surface area (Å²) in [6.07, 6.45) is 0. The molecular weight excluding hydrogens is 254 g/mol. The first-order chi connectivity index (χ1) is 8.06. The Morgan fingerprint density at radius 1 is 1.24 bits per heavy atom. The number of nitrogens with zero attached hydrogens (tertiary/aromatic N) is 2. The van der Waals surface area contributed by atoms with Crippen molar-refractivity contribution in [1.29, 1.82) is 0 Å². The third-order valence-electron chi connectivity index (χ3n) is 2.46. The molecule has 2 aromatic carbocycles. The topological polar surface area (TPSA) is 71.0 Å². The molecular formula is C11H11N3OS2. The van der Waals surface area contributed by atoms with Crippen LogP contribution in [-0.4, -0.2) is 12.2 Å². The number of nitrogen functional groups attached to an aromatic ring is 1. The molecule has 0 amide bonds. The molecule has 2 aromatic rings. The molecule has 4 nitrogen and oxygen atoms in total. The van der Waals surface area contributed by atoms with Crippen LogP contribution in [0.15, 0.2) is 38.2 Å². The van der Waals surface area contributed by atoms with Gasteiger partial charge in [0.1, 0.15) is 5.69 Å². The fourth-order valence-electron chi connectivity index (χ4n) is 1.67. The first kappa shape index (κ1) is 12.1. The van der Waals surface area contributed by atoms with Crippen molar-refractivity contribution in [2.24, 2.45) is 10.2 Å². The minimum Gasteiger partial charge on any atom is -0.505 e. The minimum absolute atomic E-state index is 0.00296. The van der Waals surface area contributed by atoms with Crippen molar-refractivity contribution in [2.45, 2.75) is 9.79 Å². The Bertz CT molecular complexity index is 626. The van der Waals surface area contributed by atoms with E-state index < -0.39 is 0 Å². The fraction of sp³-hybridized carbons (Fsp3) is 0.0909. The lowest BCUT2D eigenvalue weighted by molar-refractivity contribution is 0.482. The molecule has 0 saturated carbocycles. The molecule has 0 spiro atoms. The van der Waals surface area contributed by atoms with E-state index in [1.165, 1.54) is 7.05 Å². The van der Waals surface area contributed by atoms with E-state index >= 15 is 0 Å². The van der Waals surface area contributed by atoms with Gasteiger partial charge in [-0.2, -0.15) is 10.2 Å². The smallest absolute Gasteiger partial charge is 0.153 e. The van der Waals surface area contributed by atoms with Gasteiger partial charge in [-0.15, -0.1) is 25.3 Å². The van der Waals surface area contributed by atoms with Crippen LogP contribution in [0.3, 0.4) is 0 Å². The Kier molecular flexibility index (Phi) is 3.17. The highest BCUT2D eigenvalue weighted by molar-refractivity contribution is 7.81. The highest BCUT2D eigenvalue weighted by Gasteiger charge is 2.13. The third kappa shape index (κ3) is 1.94. The van der Waals surface area contributed by atoms with Gasteiger partial charge in [0, 0.05) is 22.2 Å². The molecule has 6 heteroatoms. The normalized spacial score (nSPS) is 11.5. The number of phenolic OH excluding ortho intramolecular Hbond substituents is 1. The summed E-state index contributed by atoms with van der Waals surface area (Å²) in [5.41, 5.74) is 6.69. The summed E-state index contributed by atoms with van der Waals surface area (Å²) in [6.45, 7) is 0. The molecule has 0 fully saturated rings. The first-order valence-corrected chi connectivity index (χ1v) is 5.71. The molecule has 0 bridgehead atoms. The van der Waals surface area contributed by atoms with Crippen LogP contribution in [-0.2, 0) is 0 Å². The number of nitrogens with two attached hydrogens (primary N) is 1. The molecule has 0 aliphatic heterocycles. The number of phenols is 1. The summed E-state index contributed by atoms with van der Waals surface area (Å²) < 4.78 is 0. The molecule has 0 saturated heterocycles. The van der Waals surface area contributed by atoms with Gasteiger partial charge in [0.25, 0.3) is 0 Å². The molecule has 0 radical (unpaired) electrons. The molecule has 17 heavy (non-hydrogen) atoms. The van der Waals surface area contributed by atoms with Crippen molar-refractivity contribution in [3.8, 4) is 5.75 Å². The van der Waals surface area contributed by atoms with Gasteiger partial charge in [0.15, 0.2) is 5.75 Å². The van der Waals surface area contributed by atoms with Crippen molar-refractivity contribution in [2.75, 3.05) is 12.8 Å². The summed E-state index contributed by atoms with van der Waals surface area (Å²) in [4.78, 5) is 1.28. The van der Waals surface area contributed by atoms with Gasteiger partial charge in [-0.25, -0.2) is 0 Å². The van der Waals surface area contributed by atoms with E-state index in [-0.39, 0.29) is 5.75 Å². The van der Waals surface area contributed by atoms with Crippen molar-refractivity contribution < 1.29 is 5.11 Å². The van der Waals surface area contributed by atoms with Crippen LogP contribution in [0.4, 0.5) is 11.4 Å². The number of fused-ring (bicyclic) bond motifs is 1. The molecule has 0 heterocycles. The highest BCUT2D eigenvalue weighted by Crippen LogP contribution is 2.42. The predicted octanol–water partition coefficient (Wildman–Crippen LogP) is 3.42. The zero-order valence-electron chi connectivity index (χ0n) is 9.05. The molecule has 2 rings (SSSR count). The zero-order valence-corrected chi connectivity index (χ0v) is 10.8. The van der Waals surface area contributed by atoms with Gasteiger partial charge in [-0.3, -0.25) is 0 Å². The number of benzene rings is 2. The summed E-state index contributed by atoms with van der Waals surface area (Å²) in [5.74, 6) is -0.00296. The van der Waals surface area contributed by atoms with Crippen LogP contribution in [0.5, 0.6) is 5.75 Å². The van der Waals surface area contributed by atoms with Crippen LogP contribution < -0.4 is 5.73 Å². The lowest BCUT2D eigenvalue weighted by Gasteiger charge is -2.10. The highest BCUT2D eigenvalue weighted by atomic mass is 32.1. The number of hydrogen-bond acceptors (Lipinski definition) is 6. The molecule has 0 aliphatic carbocycles. The quantitative estimate of drug-likeness (QED) is 0.362. The number of hydrogen-bond donors (Lipinski definition) is 4. The SMILES string of the molecule is CN=Nc1ccc2c(S)cc(S)c(N)c2c1O. The molecule has 88 valence electrons.